The quantitative estimate of drug-likeness (QED) is 0.618. The van der Waals surface area contributed by atoms with Gasteiger partial charge in [0.05, 0.1) is 0 Å². The Balaban J connectivity index is 1.87. The van der Waals surface area contributed by atoms with Gasteiger partial charge in [-0.25, -0.2) is 0 Å². The number of hydrogen-bond donors (Lipinski definition) is 0. The molecule has 3 nitrogen and oxygen atoms in total. The fourth-order valence-corrected chi connectivity index (χ4v) is 2.54. The van der Waals surface area contributed by atoms with Crippen LogP contribution in [0.3, 0.4) is 0 Å². The first-order valence-corrected chi connectivity index (χ1v) is 5.70. The van der Waals surface area contributed by atoms with Crippen LogP contribution in [-0.2, 0) is 4.79 Å². The van der Waals surface area contributed by atoms with Crippen LogP contribution in [0, 0.1) is 0 Å². The van der Waals surface area contributed by atoms with Crippen LogP contribution < -0.4 is 0 Å². The second kappa shape index (κ2) is 4.41. The minimum Gasteiger partial charge on any atom is -0.305 e. The summed E-state index contributed by atoms with van der Waals surface area (Å²) >= 11 is 0. The summed E-state index contributed by atoms with van der Waals surface area (Å²) in [6.45, 7) is 4.69. The summed E-state index contributed by atoms with van der Waals surface area (Å²) in [5, 5.41) is 0. The van der Waals surface area contributed by atoms with Gasteiger partial charge in [-0.15, -0.1) is 0 Å². The second-order valence-electron chi connectivity index (χ2n) is 4.63. The molecule has 1 heterocycles. The average molecular weight is 196 g/mol. The molecule has 0 bridgehead atoms. The van der Waals surface area contributed by atoms with Gasteiger partial charge < -0.3 is 4.90 Å². The van der Waals surface area contributed by atoms with Crippen molar-refractivity contribution in [2.75, 3.05) is 33.2 Å². The van der Waals surface area contributed by atoms with E-state index in [1.54, 1.807) is 0 Å². The van der Waals surface area contributed by atoms with Crippen molar-refractivity contribution in [3.05, 3.63) is 0 Å². The van der Waals surface area contributed by atoms with Crippen LogP contribution in [0.5, 0.6) is 0 Å². The molecular formula is C11H20N2O. The summed E-state index contributed by atoms with van der Waals surface area (Å²) in [5.41, 5.74) is 0. The number of rotatable bonds is 1. The highest BCUT2D eigenvalue weighted by Gasteiger charge is 2.28. The Bertz CT molecular complexity index is 217. The van der Waals surface area contributed by atoms with Crippen LogP contribution >= 0.6 is 0 Å². The molecule has 2 fully saturated rings. The van der Waals surface area contributed by atoms with Gasteiger partial charge in [-0.1, -0.05) is 0 Å². The van der Waals surface area contributed by atoms with Gasteiger partial charge in [-0.2, -0.15) is 0 Å². The molecule has 2 aliphatic rings. The van der Waals surface area contributed by atoms with E-state index in [1.165, 1.54) is 19.5 Å². The summed E-state index contributed by atoms with van der Waals surface area (Å²) in [6, 6.07) is 0.564. The average Bonchev–Trinajstić information content (AvgIpc) is 2.46. The smallest absolute Gasteiger partial charge is 0.134 e. The van der Waals surface area contributed by atoms with E-state index < -0.39 is 0 Å². The molecule has 0 aromatic carbocycles. The number of carbonyl (C=O) groups is 1. The lowest BCUT2D eigenvalue weighted by atomic mass is 10.2. The first-order valence-electron chi connectivity index (χ1n) is 5.70. The third-order valence-electron chi connectivity index (χ3n) is 3.49. The zero-order valence-electron chi connectivity index (χ0n) is 9.04. The maximum Gasteiger partial charge on any atom is 0.134 e. The molecule has 0 spiro atoms. The second-order valence-corrected chi connectivity index (χ2v) is 4.63. The first kappa shape index (κ1) is 10.1. The van der Waals surface area contributed by atoms with Crippen molar-refractivity contribution in [3.63, 3.8) is 0 Å². The Morgan fingerprint density at radius 2 is 2.07 bits per heavy atom. The number of likely N-dealkylation sites (N-methyl/N-ethyl adjacent to an activating group) is 1. The van der Waals surface area contributed by atoms with E-state index in [1.807, 2.05) is 0 Å². The topological polar surface area (TPSA) is 23.6 Å². The number of ketones is 1. The lowest BCUT2D eigenvalue weighted by molar-refractivity contribution is -0.117. The Morgan fingerprint density at radius 3 is 2.79 bits per heavy atom. The third-order valence-corrected chi connectivity index (χ3v) is 3.49. The highest BCUT2D eigenvalue weighted by Crippen LogP contribution is 2.21. The monoisotopic (exact) mass is 196 g/mol. The lowest BCUT2D eigenvalue weighted by Gasteiger charge is -2.26. The lowest BCUT2D eigenvalue weighted by Crippen LogP contribution is -2.36. The normalized spacial score (nSPS) is 32.1. The van der Waals surface area contributed by atoms with Gasteiger partial charge in [0, 0.05) is 32.0 Å². The molecule has 80 valence electrons. The molecule has 14 heavy (non-hydrogen) atoms. The van der Waals surface area contributed by atoms with Crippen LogP contribution in [0.25, 0.3) is 0 Å². The Hall–Kier alpha value is -0.410. The van der Waals surface area contributed by atoms with Crippen LogP contribution in [0.2, 0.25) is 0 Å². The molecule has 0 aromatic rings. The van der Waals surface area contributed by atoms with Crippen molar-refractivity contribution in [2.45, 2.75) is 31.7 Å². The third kappa shape index (κ3) is 2.34. The summed E-state index contributed by atoms with van der Waals surface area (Å²) in [4.78, 5) is 16.1. The first-order chi connectivity index (χ1) is 6.75. The summed E-state index contributed by atoms with van der Waals surface area (Å²) in [5.74, 6) is 0.465. The van der Waals surface area contributed by atoms with Gasteiger partial charge in [0.15, 0.2) is 0 Å². The fourth-order valence-electron chi connectivity index (χ4n) is 2.54. The fraction of sp³-hybridized carbons (Fsp3) is 0.909. The van der Waals surface area contributed by atoms with Gasteiger partial charge in [0.1, 0.15) is 5.78 Å². The summed E-state index contributed by atoms with van der Waals surface area (Å²) in [6.07, 6.45) is 3.98. The molecule has 0 radical (unpaired) electrons. The minimum absolute atomic E-state index is 0.465. The zero-order chi connectivity index (χ0) is 9.97. The SMILES string of the molecule is CN1CCCN(C2CCC(=O)C2)CC1. The van der Waals surface area contributed by atoms with E-state index in [4.69, 9.17) is 0 Å². The van der Waals surface area contributed by atoms with Gasteiger partial charge >= 0.3 is 0 Å². The Kier molecular flexibility index (Phi) is 3.19. The van der Waals surface area contributed by atoms with E-state index >= 15 is 0 Å². The maximum atomic E-state index is 11.2. The molecule has 2 rings (SSSR count). The van der Waals surface area contributed by atoms with Crippen LogP contribution in [0.1, 0.15) is 25.7 Å². The summed E-state index contributed by atoms with van der Waals surface area (Å²) in [7, 11) is 2.18. The molecular weight excluding hydrogens is 176 g/mol. The minimum atomic E-state index is 0.465. The van der Waals surface area contributed by atoms with Crippen molar-refractivity contribution < 1.29 is 4.79 Å². The number of carbonyl (C=O) groups excluding carboxylic acids is 1. The molecule has 0 amide bonds. The van der Waals surface area contributed by atoms with Crippen molar-refractivity contribution in [1.82, 2.24) is 9.80 Å². The van der Waals surface area contributed by atoms with Crippen LogP contribution in [-0.4, -0.2) is 54.9 Å². The Morgan fingerprint density at radius 1 is 1.21 bits per heavy atom. The zero-order valence-corrected chi connectivity index (χ0v) is 9.04. The molecule has 1 unspecified atom stereocenters. The van der Waals surface area contributed by atoms with Gasteiger partial charge in [0.25, 0.3) is 0 Å². The maximum absolute atomic E-state index is 11.2. The largest absolute Gasteiger partial charge is 0.305 e. The van der Waals surface area contributed by atoms with Crippen molar-refractivity contribution in [2.24, 2.45) is 0 Å². The molecule has 0 aromatic heterocycles. The van der Waals surface area contributed by atoms with E-state index in [2.05, 4.69) is 16.8 Å². The van der Waals surface area contributed by atoms with Gasteiger partial charge in [-0.3, -0.25) is 9.69 Å². The van der Waals surface area contributed by atoms with Crippen molar-refractivity contribution in [3.8, 4) is 0 Å². The molecule has 1 aliphatic heterocycles. The molecule has 3 heteroatoms. The Labute approximate surface area is 86.1 Å². The molecule has 1 saturated heterocycles. The highest BCUT2D eigenvalue weighted by atomic mass is 16.1. The standard InChI is InChI=1S/C11H20N2O/c1-12-5-2-6-13(8-7-12)10-3-4-11(14)9-10/h10H,2-9H2,1H3. The molecule has 0 N–H and O–H groups in total. The number of hydrogen-bond acceptors (Lipinski definition) is 3. The molecule has 1 saturated carbocycles. The van der Waals surface area contributed by atoms with Crippen molar-refractivity contribution in [1.29, 1.82) is 0 Å². The van der Waals surface area contributed by atoms with Crippen LogP contribution in [0.4, 0.5) is 0 Å². The van der Waals surface area contributed by atoms with Gasteiger partial charge in [0.2, 0.25) is 0 Å². The number of nitrogens with zero attached hydrogens (tertiary/aromatic N) is 2. The summed E-state index contributed by atoms with van der Waals surface area (Å²) < 4.78 is 0. The van der Waals surface area contributed by atoms with Crippen molar-refractivity contribution >= 4 is 5.78 Å². The predicted octanol–water partition coefficient (Wildman–Crippen LogP) is 0.745. The van der Waals surface area contributed by atoms with E-state index in [9.17, 15) is 4.79 Å². The highest BCUT2D eigenvalue weighted by molar-refractivity contribution is 5.81. The predicted molar refractivity (Wildman–Crippen MR) is 56.3 cm³/mol. The molecule has 1 atom stereocenters. The van der Waals surface area contributed by atoms with Gasteiger partial charge in [-0.05, 0) is 33.0 Å². The number of Topliss-reactive ketones (excluding diaryl/α,β-unsaturated/α-hetero) is 1. The van der Waals surface area contributed by atoms with E-state index in [0.717, 1.165) is 32.4 Å². The van der Waals surface area contributed by atoms with E-state index in [0.29, 0.717) is 11.8 Å². The van der Waals surface area contributed by atoms with Crippen LogP contribution in [0.15, 0.2) is 0 Å². The molecule has 1 aliphatic carbocycles. The van der Waals surface area contributed by atoms with E-state index in [-0.39, 0.29) is 0 Å².